The minimum atomic E-state index is -3.54. The minimum absolute atomic E-state index is 0.162. The third-order valence-corrected chi connectivity index (χ3v) is 3.39. The van der Waals surface area contributed by atoms with Gasteiger partial charge in [-0.1, -0.05) is 0 Å². The van der Waals surface area contributed by atoms with E-state index in [1.165, 1.54) is 0 Å². The van der Waals surface area contributed by atoms with Crippen LogP contribution in [0.25, 0.3) is 0 Å². The fourth-order valence-electron chi connectivity index (χ4n) is 1.94. The summed E-state index contributed by atoms with van der Waals surface area (Å²) in [5.41, 5.74) is -0.328. The summed E-state index contributed by atoms with van der Waals surface area (Å²) < 4.78 is 22.1. The monoisotopic (exact) mass is 263 g/mol. The Hall–Kier alpha value is -0.820. The molecule has 1 fully saturated rings. The van der Waals surface area contributed by atoms with Crippen LogP contribution in [0.1, 0.15) is 33.6 Å². The lowest BCUT2D eigenvalue weighted by Gasteiger charge is -2.29. The molecule has 3 N–H and O–H groups in total. The van der Waals surface area contributed by atoms with Crippen LogP contribution in [0.5, 0.6) is 0 Å². The van der Waals surface area contributed by atoms with Crippen LogP contribution in [0, 0.1) is 0 Å². The van der Waals surface area contributed by atoms with Gasteiger partial charge in [0.05, 0.1) is 5.75 Å². The van der Waals surface area contributed by atoms with E-state index in [0.717, 1.165) is 6.42 Å². The number of nitrogens with one attached hydrogen (secondary N) is 1. The molecule has 6 nitrogen and oxygen atoms in total. The van der Waals surface area contributed by atoms with Gasteiger partial charge in [-0.3, -0.25) is 0 Å². The van der Waals surface area contributed by atoms with Crippen molar-refractivity contribution in [1.29, 1.82) is 0 Å². The normalized spacial score (nSPS) is 21.6. The van der Waals surface area contributed by atoms with E-state index in [1.54, 1.807) is 4.90 Å². The lowest BCUT2D eigenvalue weighted by atomic mass is 10.1. The summed E-state index contributed by atoms with van der Waals surface area (Å²) in [6, 6.07) is -0.518. The van der Waals surface area contributed by atoms with E-state index in [2.05, 4.69) is 5.32 Å². The van der Waals surface area contributed by atoms with Crippen molar-refractivity contribution >= 4 is 16.1 Å². The average molecular weight is 263 g/mol. The van der Waals surface area contributed by atoms with Crippen molar-refractivity contribution in [2.24, 2.45) is 5.14 Å². The molecule has 1 saturated heterocycles. The minimum Gasteiger partial charge on any atom is -0.333 e. The number of rotatable bonds is 2. The Bertz CT molecular complexity index is 386. The molecule has 0 aromatic heterocycles. The van der Waals surface area contributed by atoms with Gasteiger partial charge in [0.25, 0.3) is 0 Å². The number of hydrogen-bond donors (Lipinski definition) is 2. The second kappa shape index (κ2) is 4.81. The number of nitrogens with zero attached hydrogens (tertiary/aromatic N) is 1. The summed E-state index contributed by atoms with van der Waals surface area (Å²) in [6.45, 7) is 6.24. The quantitative estimate of drug-likeness (QED) is 0.748. The molecule has 0 spiro atoms. The van der Waals surface area contributed by atoms with E-state index in [0.29, 0.717) is 13.0 Å². The number of sulfonamides is 1. The molecule has 7 heteroatoms. The Morgan fingerprint density at radius 2 is 2.06 bits per heavy atom. The van der Waals surface area contributed by atoms with Crippen molar-refractivity contribution < 1.29 is 13.2 Å². The predicted octanol–water partition coefficient (Wildman–Crippen LogP) is 0.247. The second-order valence-electron chi connectivity index (χ2n) is 5.50. The Kier molecular flexibility index (Phi) is 4.03. The zero-order valence-electron chi connectivity index (χ0n) is 10.6. The van der Waals surface area contributed by atoms with Crippen molar-refractivity contribution in [3.8, 4) is 0 Å². The Morgan fingerprint density at radius 3 is 2.53 bits per heavy atom. The number of carbonyl (C=O) groups is 1. The van der Waals surface area contributed by atoms with Crippen molar-refractivity contribution in [3.63, 3.8) is 0 Å². The Morgan fingerprint density at radius 1 is 1.47 bits per heavy atom. The number of carbonyl (C=O) groups excluding carboxylic acids is 1. The van der Waals surface area contributed by atoms with Gasteiger partial charge in [-0.05, 0) is 33.6 Å². The first-order chi connectivity index (χ1) is 7.58. The van der Waals surface area contributed by atoms with Gasteiger partial charge in [0, 0.05) is 18.1 Å². The molecule has 1 aliphatic heterocycles. The van der Waals surface area contributed by atoms with E-state index in [1.807, 2.05) is 20.8 Å². The molecule has 100 valence electrons. The van der Waals surface area contributed by atoms with Gasteiger partial charge in [0.2, 0.25) is 10.0 Å². The first kappa shape index (κ1) is 14.2. The SMILES string of the molecule is CC(C)(C)NC(=O)N1CCC[C@@H]1CS(N)(=O)=O. The van der Waals surface area contributed by atoms with E-state index in [-0.39, 0.29) is 23.4 Å². The molecule has 1 heterocycles. The van der Waals surface area contributed by atoms with E-state index in [4.69, 9.17) is 5.14 Å². The van der Waals surface area contributed by atoms with Crippen LogP contribution >= 0.6 is 0 Å². The summed E-state index contributed by atoms with van der Waals surface area (Å²) >= 11 is 0. The maximum Gasteiger partial charge on any atom is 0.318 e. The number of hydrogen-bond acceptors (Lipinski definition) is 3. The van der Waals surface area contributed by atoms with Crippen LogP contribution in [0.3, 0.4) is 0 Å². The van der Waals surface area contributed by atoms with Crippen LogP contribution in [0.4, 0.5) is 4.79 Å². The van der Waals surface area contributed by atoms with Crippen molar-refractivity contribution in [2.45, 2.75) is 45.2 Å². The van der Waals surface area contributed by atoms with E-state index < -0.39 is 10.0 Å². The second-order valence-corrected chi connectivity index (χ2v) is 7.16. The lowest BCUT2D eigenvalue weighted by Crippen LogP contribution is -2.51. The van der Waals surface area contributed by atoms with E-state index >= 15 is 0 Å². The van der Waals surface area contributed by atoms with Gasteiger partial charge < -0.3 is 10.2 Å². The zero-order chi connectivity index (χ0) is 13.3. The first-order valence-corrected chi connectivity index (χ1v) is 7.39. The third-order valence-electron chi connectivity index (χ3n) is 2.54. The summed E-state index contributed by atoms with van der Waals surface area (Å²) in [4.78, 5) is 13.5. The van der Waals surface area contributed by atoms with Crippen molar-refractivity contribution in [3.05, 3.63) is 0 Å². The number of primary sulfonamides is 1. The van der Waals surface area contributed by atoms with Crippen molar-refractivity contribution in [1.82, 2.24) is 10.2 Å². The van der Waals surface area contributed by atoms with Crippen LogP contribution in [0.15, 0.2) is 0 Å². The number of nitrogens with two attached hydrogens (primary N) is 1. The van der Waals surface area contributed by atoms with Crippen LogP contribution in [-0.4, -0.2) is 43.2 Å². The predicted molar refractivity (Wildman–Crippen MR) is 66.0 cm³/mol. The molecule has 0 radical (unpaired) electrons. The highest BCUT2D eigenvalue weighted by Gasteiger charge is 2.32. The van der Waals surface area contributed by atoms with Gasteiger partial charge >= 0.3 is 6.03 Å². The molecule has 0 unspecified atom stereocenters. The molecule has 1 aliphatic rings. The third kappa shape index (κ3) is 4.91. The van der Waals surface area contributed by atoms with Crippen LogP contribution < -0.4 is 10.5 Å². The van der Waals surface area contributed by atoms with Gasteiger partial charge in [-0.2, -0.15) is 0 Å². The molecule has 0 bridgehead atoms. The fraction of sp³-hybridized carbons (Fsp3) is 0.900. The van der Waals surface area contributed by atoms with Gasteiger partial charge in [-0.15, -0.1) is 0 Å². The van der Waals surface area contributed by atoms with Gasteiger partial charge in [0.1, 0.15) is 0 Å². The first-order valence-electron chi connectivity index (χ1n) is 5.68. The molecule has 0 aromatic carbocycles. The largest absolute Gasteiger partial charge is 0.333 e. The fourth-order valence-corrected chi connectivity index (χ4v) is 2.82. The standard InChI is InChI=1S/C10H21N3O3S/c1-10(2,3)12-9(14)13-6-4-5-8(13)7-17(11,15)16/h8H,4-7H2,1-3H3,(H,12,14)(H2,11,15,16)/t8-/m1/s1. The molecule has 0 aromatic rings. The zero-order valence-corrected chi connectivity index (χ0v) is 11.4. The lowest BCUT2D eigenvalue weighted by molar-refractivity contribution is 0.187. The molecular weight excluding hydrogens is 242 g/mol. The van der Waals surface area contributed by atoms with Crippen LogP contribution in [-0.2, 0) is 10.0 Å². The summed E-state index contributed by atoms with van der Waals surface area (Å²) in [5.74, 6) is -0.162. The topological polar surface area (TPSA) is 92.5 Å². The highest BCUT2D eigenvalue weighted by Crippen LogP contribution is 2.19. The highest BCUT2D eigenvalue weighted by molar-refractivity contribution is 7.89. The maximum absolute atomic E-state index is 11.9. The molecule has 0 aliphatic carbocycles. The highest BCUT2D eigenvalue weighted by atomic mass is 32.2. The van der Waals surface area contributed by atoms with Gasteiger partial charge in [-0.25, -0.2) is 18.4 Å². The molecule has 17 heavy (non-hydrogen) atoms. The van der Waals surface area contributed by atoms with Gasteiger partial charge in [0.15, 0.2) is 0 Å². The number of amides is 2. The maximum atomic E-state index is 11.9. The Balaban J connectivity index is 2.66. The molecule has 0 saturated carbocycles. The summed E-state index contributed by atoms with van der Waals surface area (Å²) in [5, 5.41) is 7.85. The summed E-state index contributed by atoms with van der Waals surface area (Å²) in [6.07, 6.45) is 1.51. The number of urea groups is 1. The average Bonchev–Trinajstić information content (AvgIpc) is 2.45. The van der Waals surface area contributed by atoms with Crippen LogP contribution in [0.2, 0.25) is 0 Å². The molecule has 1 rings (SSSR count). The number of likely N-dealkylation sites (tertiary alicyclic amines) is 1. The molecule has 1 atom stereocenters. The van der Waals surface area contributed by atoms with E-state index in [9.17, 15) is 13.2 Å². The summed E-state index contributed by atoms with van der Waals surface area (Å²) in [7, 11) is -3.54. The molecular formula is C10H21N3O3S. The Labute approximate surface area is 103 Å². The smallest absolute Gasteiger partial charge is 0.318 e. The molecule has 2 amide bonds. The van der Waals surface area contributed by atoms with Crippen molar-refractivity contribution in [2.75, 3.05) is 12.3 Å².